The van der Waals surface area contributed by atoms with Crippen LogP contribution in [0.3, 0.4) is 0 Å². The first kappa shape index (κ1) is 18.5. The standard InChI is InChI=1S/C17H22ClNO5/c1-3-7-17(16(22)23)10-19(8-6-14(17)20)15(21)11-4-5-13(24-2)12(18)9-11/h4-5,9,14,20H,3,6-8,10H2,1-2H3,(H,22,23)/t14-,17+/m0/s1. The number of benzene rings is 1. The third-order valence-electron chi connectivity index (χ3n) is 4.59. The largest absolute Gasteiger partial charge is 0.495 e. The number of carboxylic acids is 1. The minimum atomic E-state index is -1.32. The fourth-order valence-corrected chi connectivity index (χ4v) is 3.50. The maximum absolute atomic E-state index is 12.7. The fourth-order valence-electron chi connectivity index (χ4n) is 3.24. The molecule has 0 bridgehead atoms. The number of likely N-dealkylation sites (tertiary alicyclic amines) is 1. The molecule has 1 amide bonds. The fraction of sp³-hybridized carbons (Fsp3) is 0.529. The lowest BCUT2D eigenvalue weighted by Gasteiger charge is -2.43. The van der Waals surface area contributed by atoms with Gasteiger partial charge in [0.15, 0.2) is 0 Å². The van der Waals surface area contributed by atoms with Crippen LogP contribution >= 0.6 is 11.6 Å². The number of halogens is 1. The molecule has 0 aromatic heterocycles. The van der Waals surface area contributed by atoms with Crippen molar-refractivity contribution in [1.82, 2.24) is 4.90 Å². The normalized spacial score (nSPS) is 23.8. The molecule has 0 saturated carbocycles. The van der Waals surface area contributed by atoms with E-state index in [0.717, 1.165) is 0 Å². The van der Waals surface area contributed by atoms with Crippen LogP contribution in [-0.2, 0) is 4.79 Å². The van der Waals surface area contributed by atoms with E-state index in [1.165, 1.54) is 18.1 Å². The van der Waals surface area contributed by atoms with Crippen molar-refractivity contribution in [1.29, 1.82) is 0 Å². The monoisotopic (exact) mass is 355 g/mol. The Morgan fingerprint density at radius 3 is 2.71 bits per heavy atom. The number of carbonyl (C=O) groups is 2. The molecule has 2 atom stereocenters. The molecular weight excluding hydrogens is 334 g/mol. The molecule has 1 aliphatic heterocycles. The van der Waals surface area contributed by atoms with Crippen molar-refractivity contribution in [3.05, 3.63) is 28.8 Å². The van der Waals surface area contributed by atoms with Crippen molar-refractivity contribution in [2.75, 3.05) is 20.2 Å². The van der Waals surface area contributed by atoms with Gasteiger partial charge in [0.1, 0.15) is 11.2 Å². The van der Waals surface area contributed by atoms with Gasteiger partial charge in [0, 0.05) is 18.7 Å². The lowest BCUT2D eigenvalue weighted by Crippen LogP contribution is -2.57. The van der Waals surface area contributed by atoms with Crippen LogP contribution in [0.2, 0.25) is 5.02 Å². The van der Waals surface area contributed by atoms with Gasteiger partial charge >= 0.3 is 5.97 Å². The van der Waals surface area contributed by atoms with Gasteiger partial charge in [-0.25, -0.2) is 0 Å². The average Bonchev–Trinajstić information content (AvgIpc) is 2.56. The van der Waals surface area contributed by atoms with Crippen molar-refractivity contribution < 1.29 is 24.5 Å². The number of carboxylic acid groups (broad SMARTS) is 1. The maximum Gasteiger partial charge on any atom is 0.314 e. The van der Waals surface area contributed by atoms with E-state index in [-0.39, 0.29) is 18.9 Å². The molecule has 1 saturated heterocycles. The SMILES string of the molecule is CCC[C@@]1(C(=O)O)CN(C(=O)c2ccc(OC)c(Cl)c2)CC[C@@H]1O. The molecule has 1 fully saturated rings. The molecule has 1 aromatic carbocycles. The summed E-state index contributed by atoms with van der Waals surface area (Å²) in [5, 5.41) is 20.2. The predicted molar refractivity (Wildman–Crippen MR) is 89.5 cm³/mol. The van der Waals surface area contributed by atoms with E-state index in [1.807, 2.05) is 6.92 Å². The molecule has 0 spiro atoms. The number of ether oxygens (including phenoxy) is 1. The maximum atomic E-state index is 12.7. The summed E-state index contributed by atoms with van der Waals surface area (Å²) in [6.45, 7) is 2.16. The van der Waals surface area contributed by atoms with Crippen LogP contribution < -0.4 is 4.74 Å². The van der Waals surface area contributed by atoms with Crippen molar-refractivity contribution >= 4 is 23.5 Å². The number of aliphatic carboxylic acids is 1. The van der Waals surface area contributed by atoms with Gasteiger partial charge in [0.05, 0.1) is 18.2 Å². The zero-order valence-electron chi connectivity index (χ0n) is 13.8. The minimum absolute atomic E-state index is 0.0141. The first-order chi connectivity index (χ1) is 11.4. The number of amides is 1. The second-order valence-corrected chi connectivity index (χ2v) is 6.50. The van der Waals surface area contributed by atoms with Crippen molar-refractivity contribution in [2.24, 2.45) is 5.41 Å². The molecule has 2 rings (SSSR count). The second-order valence-electron chi connectivity index (χ2n) is 6.09. The molecule has 2 N–H and O–H groups in total. The summed E-state index contributed by atoms with van der Waals surface area (Å²) >= 11 is 6.06. The van der Waals surface area contributed by atoms with Crippen LogP contribution in [0.15, 0.2) is 18.2 Å². The summed E-state index contributed by atoms with van der Waals surface area (Å²) in [5.41, 5.74) is -0.952. The Hall–Kier alpha value is -1.79. The Morgan fingerprint density at radius 2 is 2.17 bits per heavy atom. The highest BCUT2D eigenvalue weighted by molar-refractivity contribution is 6.32. The number of carbonyl (C=O) groups excluding carboxylic acids is 1. The molecule has 1 aliphatic rings. The first-order valence-electron chi connectivity index (χ1n) is 7.90. The highest BCUT2D eigenvalue weighted by atomic mass is 35.5. The van der Waals surface area contributed by atoms with Gasteiger partial charge in [-0.05, 0) is 31.0 Å². The van der Waals surface area contributed by atoms with Crippen molar-refractivity contribution in [3.63, 3.8) is 0 Å². The Kier molecular flexibility index (Phi) is 5.72. The smallest absolute Gasteiger partial charge is 0.314 e. The summed E-state index contributed by atoms with van der Waals surface area (Å²) in [5.74, 6) is -0.900. The van der Waals surface area contributed by atoms with Gasteiger partial charge in [-0.15, -0.1) is 0 Å². The van der Waals surface area contributed by atoms with Gasteiger partial charge < -0.3 is 19.8 Å². The summed E-state index contributed by atoms with van der Waals surface area (Å²) in [4.78, 5) is 26.0. The van der Waals surface area contributed by atoms with Crippen LogP contribution in [-0.4, -0.2) is 53.3 Å². The second kappa shape index (κ2) is 7.40. The summed E-state index contributed by atoms with van der Waals surface area (Å²) < 4.78 is 5.07. The topological polar surface area (TPSA) is 87.1 Å². The zero-order chi connectivity index (χ0) is 17.9. The Balaban J connectivity index is 2.27. The van der Waals surface area contributed by atoms with E-state index in [4.69, 9.17) is 16.3 Å². The molecule has 24 heavy (non-hydrogen) atoms. The quantitative estimate of drug-likeness (QED) is 0.847. The predicted octanol–water partition coefficient (Wildman–Crippen LogP) is 2.43. The van der Waals surface area contributed by atoms with Gasteiger partial charge in [0.2, 0.25) is 0 Å². The number of aliphatic hydroxyl groups is 1. The number of nitrogens with zero attached hydrogens (tertiary/aromatic N) is 1. The van der Waals surface area contributed by atoms with Crippen LogP contribution in [0.1, 0.15) is 36.5 Å². The Labute approximate surface area is 146 Å². The molecule has 1 aromatic rings. The average molecular weight is 356 g/mol. The van der Waals surface area contributed by atoms with Crippen molar-refractivity contribution in [3.8, 4) is 5.75 Å². The van der Waals surface area contributed by atoms with E-state index >= 15 is 0 Å². The third-order valence-corrected chi connectivity index (χ3v) is 4.89. The van der Waals surface area contributed by atoms with Crippen LogP contribution in [0.4, 0.5) is 0 Å². The molecule has 7 heteroatoms. The lowest BCUT2D eigenvalue weighted by molar-refractivity contribution is -0.162. The number of piperidine rings is 1. The van der Waals surface area contributed by atoms with Gasteiger partial charge in [0.25, 0.3) is 5.91 Å². The van der Waals surface area contributed by atoms with Gasteiger partial charge in [-0.3, -0.25) is 9.59 Å². The molecule has 132 valence electrons. The van der Waals surface area contributed by atoms with Gasteiger partial charge in [-0.1, -0.05) is 24.9 Å². The van der Waals surface area contributed by atoms with E-state index in [1.54, 1.807) is 12.1 Å². The highest BCUT2D eigenvalue weighted by Gasteiger charge is 2.49. The summed E-state index contributed by atoms with van der Waals surface area (Å²) in [6.07, 6.45) is 0.205. The molecule has 0 aliphatic carbocycles. The Morgan fingerprint density at radius 1 is 1.46 bits per heavy atom. The Bertz CT molecular complexity index is 635. The summed E-state index contributed by atoms with van der Waals surface area (Å²) in [7, 11) is 1.49. The van der Waals surface area contributed by atoms with E-state index < -0.39 is 17.5 Å². The molecule has 0 radical (unpaired) electrons. The highest BCUT2D eigenvalue weighted by Crippen LogP contribution is 2.36. The van der Waals surface area contributed by atoms with Crippen molar-refractivity contribution in [2.45, 2.75) is 32.3 Å². The number of hydrogen-bond acceptors (Lipinski definition) is 4. The van der Waals surface area contributed by atoms with E-state index in [9.17, 15) is 19.8 Å². The number of hydrogen-bond donors (Lipinski definition) is 2. The van der Waals surface area contributed by atoms with E-state index in [2.05, 4.69) is 0 Å². The van der Waals surface area contributed by atoms with Gasteiger partial charge in [-0.2, -0.15) is 0 Å². The molecule has 0 unspecified atom stereocenters. The van der Waals surface area contributed by atoms with Crippen LogP contribution in [0.5, 0.6) is 5.75 Å². The van der Waals surface area contributed by atoms with Crippen LogP contribution in [0, 0.1) is 5.41 Å². The number of methoxy groups -OCH3 is 1. The van der Waals surface area contributed by atoms with E-state index in [0.29, 0.717) is 35.7 Å². The van der Waals surface area contributed by atoms with Crippen LogP contribution in [0.25, 0.3) is 0 Å². The molecule has 1 heterocycles. The number of aliphatic hydroxyl groups excluding tert-OH is 1. The molecule has 6 nitrogen and oxygen atoms in total. The minimum Gasteiger partial charge on any atom is -0.495 e. The number of rotatable bonds is 5. The zero-order valence-corrected chi connectivity index (χ0v) is 14.5. The molecular formula is C17H22ClNO5. The summed E-state index contributed by atoms with van der Waals surface area (Å²) in [6, 6.07) is 4.71. The first-order valence-corrected chi connectivity index (χ1v) is 8.27. The lowest BCUT2D eigenvalue weighted by atomic mass is 9.74. The third kappa shape index (κ3) is 3.35.